The Morgan fingerprint density at radius 3 is 2.93 bits per heavy atom. The second-order valence-electron chi connectivity index (χ2n) is 4.43. The minimum atomic E-state index is 0.820. The quantitative estimate of drug-likeness (QED) is 0.889. The summed E-state index contributed by atoms with van der Waals surface area (Å²) in [6.45, 7) is 1.06. The topological polar surface area (TPSA) is 12.0 Å². The number of hydrogen-bond acceptors (Lipinski definition) is 2. The fourth-order valence-corrected chi connectivity index (χ4v) is 4.07. The molecule has 3 heteroatoms. The third-order valence-electron chi connectivity index (χ3n) is 3.51. The van der Waals surface area contributed by atoms with E-state index in [2.05, 4.69) is 33.4 Å². The molecule has 2 saturated carbocycles. The molecule has 0 aromatic carbocycles. The van der Waals surface area contributed by atoms with E-state index in [0.717, 1.165) is 24.4 Å². The van der Waals surface area contributed by atoms with Gasteiger partial charge in [-0.2, -0.15) is 0 Å². The van der Waals surface area contributed by atoms with Crippen LogP contribution in [0.3, 0.4) is 0 Å². The van der Waals surface area contributed by atoms with E-state index in [0.29, 0.717) is 0 Å². The maximum atomic E-state index is 3.69. The van der Waals surface area contributed by atoms with E-state index < -0.39 is 0 Å². The van der Waals surface area contributed by atoms with Crippen molar-refractivity contribution in [3.05, 3.63) is 20.8 Å². The first kappa shape index (κ1) is 9.37. The molecule has 2 aliphatic rings. The number of hydrogen-bond donors (Lipinski definition) is 1. The van der Waals surface area contributed by atoms with Crippen LogP contribution in [-0.4, -0.2) is 6.04 Å². The Balaban J connectivity index is 1.54. The Bertz CT molecular complexity index is 336. The molecule has 1 N–H and O–H groups in total. The van der Waals surface area contributed by atoms with Crippen molar-refractivity contribution in [3.8, 4) is 0 Å². The summed E-state index contributed by atoms with van der Waals surface area (Å²) >= 11 is 5.34. The van der Waals surface area contributed by atoms with E-state index in [1.54, 1.807) is 0 Å². The van der Waals surface area contributed by atoms with Gasteiger partial charge < -0.3 is 5.32 Å². The Labute approximate surface area is 97.0 Å². The molecule has 76 valence electrons. The van der Waals surface area contributed by atoms with Crippen molar-refractivity contribution in [2.75, 3.05) is 0 Å². The van der Waals surface area contributed by atoms with Gasteiger partial charge in [-0.15, -0.1) is 11.3 Å². The average Bonchev–Trinajstić information content (AvgIpc) is 2.66. The predicted molar refractivity (Wildman–Crippen MR) is 63.5 cm³/mol. The highest BCUT2D eigenvalue weighted by Gasteiger charge is 2.47. The van der Waals surface area contributed by atoms with Crippen LogP contribution in [0.2, 0.25) is 0 Å². The lowest BCUT2D eigenvalue weighted by molar-refractivity contribution is 0.477. The summed E-state index contributed by atoms with van der Waals surface area (Å²) in [5.41, 5.74) is 0. The minimum absolute atomic E-state index is 0.820. The van der Waals surface area contributed by atoms with Crippen molar-refractivity contribution >= 4 is 27.3 Å². The van der Waals surface area contributed by atoms with Crippen LogP contribution in [0.1, 0.15) is 24.1 Å². The van der Waals surface area contributed by atoms with Crippen LogP contribution in [0.15, 0.2) is 15.9 Å². The highest BCUT2D eigenvalue weighted by atomic mass is 79.9. The van der Waals surface area contributed by atoms with Gasteiger partial charge in [0.2, 0.25) is 0 Å². The molecule has 0 spiro atoms. The van der Waals surface area contributed by atoms with Crippen molar-refractivity contribution in [2.45, 2.75) is 31.8 Å². The highest BCUT2D eigenvalue weighted by molar-refractivity contribution is 9.11. The molecule has 0 amide bonds. The van der Waals surface area contributed by atoms with Gasteiger partial charge >= 0.3 is 0 Å². The van der Waals surface area contributed by atoms with Crippen molar-refractivity contribution in [3.63, 3.8) is 0 Å². The van der Waals surface area contributed by atoms with Gasteiger partial charge in [0.15, 0.2) is 0 Å². The lowest BCUT2D eigenvalue weighted by Gasteiger charge is -2.12. The van der Waals surface area contributed by atoms with Gasteiger partial charge in [0.25, 0.3) is 0 Å². The molecule has 1 aromatic heterocycles. The molecule has 2 fully saturated rings. The second kappa shape index (κ2) is 3.62. The Kier molecular flexibility index (Phi) is 2.42. The number of thiophene rings is 1. The maximum absolute atomic E-state index is 3.69. The highest BCUT2D eigenvalue weighted by Crippen LogP contribution is 2.51. The van der Waals surface area contributed by atoms with Crippen LogP contribution in [0.5, 0.6) is 0 Å². The van der Waals surface area contributed by atoms with Crippen LogP contribution in [0.25, 0.3) is 0 Å². The monoisotopic (exact) mass is 271 g/mol. The molecule has 0 aliphatic heterocycles. The lowest BCUT2D eigenvalue weighted by Crippen LogP contribution is -2.28. The SMILES string of the molecule is Brc1ccc(CNC2CCC3CC32)s1. The minimum Gasteiger partial charge on any atom is -0.309 e. The molecule has 0 radical (unpaired) electrons. The zero-order valence-electron chi connectivity index (χ0n) is 8.00. The predicted octanol–water partition coefficient (Wildman–Crippen LogP) is 3.40. The zero-order chi connectivity index (χ0) is 9.54. The summed E-state index contributed by atoms with van der Waals surface area (Å²) < 4.78 is 1.24. The lowest BCUT2D eigenvalue weighted by atomic mass is 10.2. The summed E-state index contributed by atoms with van der Waals surface area (Å²) in [5.74, 6) is 2.11. The summed E-state index contributed by atoms with van der Waals surface area (Å²) in [6, 6.07) is 5.16. The van der Waals surface area contributed by atoms with Gasteiger partial charge in [0, 0.05) is 17.5 Å². The van der Waals surface area contributed by atoms with E-state index in [4.69, 9.17) is 0 Å². The van der Waals surface area contributed by atoms with Gasteiger partial charge in [-0.25, -0.2) is 0 Å². The Morgan fingerprint density at radius 2 is 2.36 bits per heavy atom. The smallest absolute Gasteiger partial charge is 0.0701 e. The molecule has 1 nitrogen and oxygen atoms in total. The molecule has 14 heavy (non-hydrogen) atoms. The maximum Gasteiger partial charge on any atom is 0.0701 e. The van der Waals surface area contributed by atoms with Crippen LogP contribution in [0, 0.1) is 11.8 Å². The van der Waals surface area contributed by atoms with E-state index >= 15 is 0 Å². The molecular formula is C11H14BrNS. The standard InChI is InChI=1S/C11H14BrNS/c12-11-4-2-8(14-11)6-13-10-3-1-7-5-9(7)10/h2,4,7,9-10,13H,1,3,5-6H2. The molecule has 0 saturated heterocycles. The van der Waals surface area contributed by atoms with E-state index in [1.807, 2.05) is 11.3 Å². The third-order valence-corrected chi connectivity index (χ3v) is 5.13. The molecule has 3 unspecified atom stereocenters. The van der Waals surface area contributed by atoms with Crippen molar-refractivity contribution in [1.82, 2.24) is 5.32 Å². The van der Waals surface area contributed by atoms with Crippen molar-refractivity contribution < 1.29 is 0 Å². The molecule has 3 atom stereocenters. The second-order valence-corrected chi connectivity index (χ2v) is 6.98. The van der Waals surface area contributed by atoms with E-state index in [9.17, 15) is 0 Å². The van der Waals surface area contributed by atoms with Crippen molar-refractivity contribution in [1.29, 1.82) is 0 Å². The van der Waals surface area contributed by atoms with Crippen molar-refractivity contribution in [2.24, 2.45) is 11.8 Å². The molecule has 0 bridgehead atoms. The normalized spacial score (nSPS) is 34.5. The largest absolute Gasteiger partial charge is 0.309 e. The van der Waals surface area contributed by atoms with Gasteiger partial charge in [-0.1, -0.05) is 0 Å². The first-order valence-corrected chi connectivity index (χ1v) is 6.91. The fourth-order valence-electron chi connectivity index (χ4n) is 2.64. The van der Waals surface area contributed by atoms with E-state index in [1.165, 1.54) is 27.9 Å². The summed E-state index contributed by atoms with van der Waals surface area (Å²) in [6.07, 6.45) is 4.37. The molecule has 3 rings (SSSR count). The van der Waals surface area contributed by atoms with Crippen LogP contribution >= 0.6 is 27.3 Å². The number of nitrogens with one attached hydrogen (secondary N) is 1. The van der Waals surface area contributed by atoms with Gasteiger partial charge in [0.1, 0.15) is 0 Å². The molecule has 1 aromatic rings. The van der Waals surface area contributed by atoms with E-state index in [-0.39, 0.29) is 0 Å². The zero-order valence-corrected chi connectivity index (χ0v) is 10.4. The molecule has 2 aliphatic carbocycles. The van der Waals surface area contributed by atoms with Crippen LogP contribution in [0.4, 0.5) is 0 Å². The van der Waals surface area contributed by atoms with Crippen LogP contribution in [-0.2, 0) is 6.54 Å². The number of halogens is 1. The van der Waals surface area contributed by atoms with Gasteiger partial charge in [0.05, 0.1) is 3.79 Å². The summed E-state index contributed by atoms with van der Waals surface area (Å²) in [4.78, 5) is 1.45. The third kappa shape index (κ3) is 1.77. The molecular weight excluding hydrogens is 258 g/mol. The first-order chi connectivity index (χ1) is 6.83. The molecule has 1 heterocycles. The fraction of sp³-hybridized carbons (Fsp3) is 0.636. The Hall–Kier alpha value is 0.140. The van der Waals surface area contributed by atoms with Gasteiger partial charge in [-0.05, 0) is 59.2 Å². The average molecular weight is 272 g/mol. The number of fused-ring (bicyclic) bond motifs is 1. The van der Waals surface area contributed by atoms with Gasteiger partial charge in [-0.3, -0.25) is 0 Å². The summed E-state index contributed by atoms with van der Waals surface area (Å²) in [7, 11) is 0. The first-order valence-electron chi connectivity index (χ1n) is 5.30. The van der Waals surface area contributed by atoms with Crippen LogP contribution < -0.4 is 5.32 Å². The summed E-state index contributed by atoms with van der Waals surface area (Å²) in [5, 5.41) is 3.69. The Morgan fingerprint density at radius 1 is 1.43 bits per heavy atom. The number of rotatable bonds is 3.